The van der Waals surface area contributed by atoms with Crippen LogP contribution in [0.4, 0.5) is 4.39 Å². The molecule has 1 aliphatic rings. The zero-order chi connectivity index (χ0) is 15.7. The third-order valence-electron chi connectivity index (χ3n) is 4.07. The van der Waals surface area contributed by atoms with Gasteiger partial charge in [-0.15, -0.1) is 0 Å². The highest BCUT2D eigenvalue weighted by molar-refractivity contribution is 6.32. The minimum Gasteiger partial charge on any atom is -0.328 e. The Bertz CT molecular complexity index is 685. The largest absolute Gasteiger partial charge is 0.328 e. The van der Waals surface area contributed by atoms with Gasteiger partial charge in [0.25, 0.3) is 0 Å². The molecule has 3 rings (SSSR count). The molecule has 0 atom stereocenters. The molecule has 0 radical (unpaired) electrons. The van der Waals surface area contributed by atoms with Gasteiger partial charge in [0, 0.05) is 12.2 Å². The van der Waals surface area contributed by atoms with Crippen LogP contribution in [0.3, 0.4) is 0 Å². The molecule has 0 unspecified atom stereocenters. The van der Waals surface area contributed by atoms with Crippen molar-refractivity contribution in [3.8, 4) is 11.4 Å². The maximum Gasteiger partial charge on any atom is 0.213 e. The first-order valence-corrected chi connectivity index (χ1v) is 7.56. The predicted molar refractivity (Wildman–Crippen MR) is 82.5 cm³/mol. The van der Waals surface area contributed by atoms with Crippen LogP contribution in [0.1, 0.15) is 31.5 Å². The Labute approximate surface area is 132 Å². The lowest BCUT2D eigenvalue weighted by atomic mass is 9.80. The quantitative estimate of drug-likeness (QED) is 0.829. The lowest BCUT2D eigenvalue weighted by molar-refractivity contribution is 0.265. The van der Waals surface area contributed by atoms with Crippen LogP contribution < -0.4 is 11.5 Å². The standard InChI is InChI=1S/C15H17ClFN5/c16-10-8-20-14(15(19)6-4-9(18)5-7-15)22-13(10)11-2-1-3-12(17)21-11/h1-3,8-9H,4-7,18-19H2. The number of hydrogen-bond donors (Lipinski definition) is 2. The normalized spacial score (nSPS) is 25.2. The van der Waals surface area contributed by atoms with E-state index in [1.54, 1.807) is 12.1 Å². The van der Waals surface area contributed by atoms with Gasteiger partial charge in [-0.25, -0.2) is 15.0 Å². The molecule has 7 heteroatoms. The summed E-state index contributed by atoms with van der Waals surface area (Å²) in [7, 11) is 0. The molecular weight excluding hydrogens is 305 g/mol. The molecule has 1 aliphatic carbocycles. The molecule has 0 amide bonds. The van der Waals surface area contributed by atoms with Gasteiger partial charge in [0.2, 0.25) is 5.95 Å². The van der Waals surface area contributed by atoms with E-state index in [4.69, 9.17) is 23.1 Å². The minimum absolute atomic E-state index is 0.174. The van der Waals surface area contributed by atoms with Crippen molar-refractivity contribution in [3.05, 3.63) is 41.2 Å². The van der Waals surface area contributed by atoms with Crippen LogP contribution in [0.2, 0.25) is 5.02 Å². The highest BCUT2D eigenvalue weighted by Crippen LogP contribution is 2.34. The molecule has 22 heavy (non-hydrogen) atoms. The second-order valence-electron chi connectivity index (χ2n) is 5.73. The average Bonchev–Trinajstić information content (AvgIpc) is 2.51. The second-order valence-corrected chi connectivity index (χ2v) is 6.14. The van der Waals surface area contributed by atoms with Crippen LogP contribution in [0.25, 0.3) is 11.4 Å². The Kier molecular flexibility index (Phi) is 4.08. The van der Waals surface area contributed by atoms with Crippen LogP contribution in [-0.2, 0) is 5.54 Å². The van der Waals surface area contributed by atoms with E-state index in [0.717, 1.165) is 12.8 Å². The molecule has 1 fully saturated rings. The monoisotopic (exact) mass is 321 g/mol. The summed E-state index contributed by atoms with van der Waals surface area (Å²) in [6, 6.07) is 4.66. The summed E-state index contributed by atoms with van der Waals surface area (Å²) in [6.45, 7) is 0. The fourth-order valence-electron chi connectivity index (χ4n) is 2.71. The number of pyridine rings is 1. The number of rotatable bonds is 2. The van der Waals surface area contributed by atoms with Crippen molar-refractivity contribution in [1.29, 1.82) is 0 Å². The predicted octanol–water partition coefficient (Wildman–Crippen LogP) is 2.39. The molecule has 0 bridgehead atoms. The van der Waals surface area contributed by atoms with Crippen LogP contribution in [0, 0.1) is 5.95 Å². The molecule has 2 heterocycles. The molecule has 0 aromatic carbocycles. The van der Waals surface area contributed by atoms with Gasteiger partial charge in [-0.1, -0.05) is 17.7 Å². The summed E-state index contributed by atoms with van der Waals surface area (Å²) in [5.41, 5.74) is 12.5. The Morgan fingerprint density at radius 2 is 1.95 bits per heavy atom. The molecule has 116 valence electrons. The molecule has 5 nitrogen and oxygen atoms in total. The summed E-state index contributed by atoms with van der Waals surface area (Å²) in [5.74, 6) is -0.0790. The molecule has 2 aromatic rings. The third kappa shape index (κ3) is 2.95. The lowest BCUT2D eigenvalue weighted by Gasteiger charge is -2.34. The fraction of sp³-hybridized carbons (Fsp3) is 0.400. The Hall–Kier alpha value is -1.63. The van der Waals surface area contributed by atoms with Crippen molar-refractivity contribution in [2.24, 2.45) is 11.5 Å². The molecule has 1 saturated carbocycles. The molecular formula is C15H17ClFN5. The SMILES string of the molecule is NC1CCC(N)(c2ncc(Cl)c(-c3cccc(F)n3)n2)CC1. The number of halogens is 2. The van der Waals surface area contributed by atoms with Gasteiger partial charge < -0.3 is 11.5 Å². The van der Waals surface area contributed by atoms with Gasteiger partial charge in [0.1, 0.15) is 11.5 Å². The maximum atomic E-state index is 13.3. The highest BCUT2D eigenvalue weighted by atomic mass is 35.5. The fourth-order valence-corrected chi connectivity index (χ4v) is 2.89. The van der Waals surface area contributed by atoms with Gasteiger partial charge in [0.05, 0.1) is 16.3 Å². The van der Waals surface area contributed by atoms with Crippen molar-refractivity contribution < 1.29 is 4.39 Å². The molecule has 0 spiro atoms. The molecule has 0 saturated heterocycles. The van der Waals surface area contributed by atoms with E-state index in [2.05, 4.69) is 15.0 Å². The molecule has 2 aromatic heterocycles. The Balaban J connectivity index is 2.00. The van der Waals surface area contributed by atoms with Crippen molar-refractivity contribution in [2.45, 2.75) is 37.3 Å². The number of hydrogen-bond acceptors (Lipinski definition) is 5. The van der Waals surface area contributed by atoms with Crippen molar-refractivity contribution in [1.82, 2.24) is 15.0 Å². The van der Waals surface area contributed by atoms with Gasteiger partial charge in [0.15, 0.2) is 0 Å². The summed E-state index contributed by atoms with van der Waals surface area (Å²) in [6.07, 6.45) is 4.58. The van der Waals surface area contributed by atoms with E-state index in [0.29, 0.717) is 35.1 Å². The van der Waals surface area contributed by atoms with Crippen LogP contribution in [0.5, 0.6) is 0 Å². The van der Waals surface area contributed by atoms with Crippen molar-refractivity contribution >= 4 is 11.6 Å². The summed E-state index contributed by atoms with van der Waals surface area (Å²) >= 11 is 6.14. The lowest BCUT2D eigenvalue weighted by Crippen LogP contribution is -2.45. The third-order valence-corrected chi connectivity index (χ3v) is 4.35. The van der Waals surface area contributed by atoms with E-state index in [-0.39, 0.29) is 6.04 Å². The first-order chi connectivity index (χ1) is 10.5. The van der Waals surface area contributed by atoms with Gasteiger partial charge >= 0.3 is 0 Å². The topological polar surface area (TPSA) is 90.7 Å². The number of nitrogens with zero attached hydrogens (tertiary/aromatic N) is 3. The summed E-state index contributed by atoms with van der Waals surface area (Å²) < 4.78 is 13.3. The van der Waals surface area contributed by atoms with E-state index in [9.17, 15) is 4.39 Å². The minimum atomic E-state index is -0.622. The van der Waals surface area contributed by atoms with Gasteiger partial charge in [-0.2, -0.15) is 4.39 Å². The number of aromatic nitrogens is 3. The second kappa shape index (κ2) is 5.87. The Morgan fingerprint density at radius 1 is 1.23 bits per heavy atom. The van der Waals surface area contributed by atoms with Crippen molar-refractivity contribution in [2.75, 3.05) is 0 Å². The Morgan fingerprint density at radius 3 is 2.64 bits per heavy atom. The zero-order valence-corrected chi connectivity index (χ0v) is 12.7. The van der Waals surface area contributed by atoms with E-state index in [1.165, 1.54) is 12.3 Å². The van der Waals surface area contributed by atoms with Crippen molar-refractivity contribution in [3.63, 3.8) is 0 Å². The van der Waals surface area contributed by atoms with E-state index < -0.39 is 11.5 Å². The van der Waals surface area contributed by atoms with Crippen LogP contribution >= 0.6 is 11.6 Å². The van der Waals surface area contributed by atoms with Gasteiger partial charge in [-0.3, -0.25) is 0 Å². The average molecular weight is 322 g/mol. The van der Waals surface area contributed by atoms with E-state index >= 15 is 0 Å². The van der Waals surface area contributed by atoms with E-state index in [1.807, 2.05) is 0 Å². The maximum absolute atomic E-state index is 13.3. The molecule has 4 N–H and O–H groups in total. The highest BCUT2D eigenvalue weighted by Gasteiger charge is 2.35. The molecule has 0 aliphatic heterocycles. The van der Waals surface area contributed by atoms with Crippen LogP contribution in [0.15, 0.2) is 24.4 Å². The summed E-state index contributed by atoms with van der Waals surface area (Å²) in [4.78, 5) is 12.6. The first-order valence-electron chi connectivity index (χ1n) is 7.18. The van der Waals surface area contributed by atoms with Crippen LogP contribution in [-0.4, -0.2) is 21.0 Å². The smallest absolute Gasteiger partial charge is 0.213 e. The first kappa shape index (κ1) is 15.3. The number of nitrogens with two attached hydrogens (primary N) is 2. The van der Waals surface area contributed by atoms with Gasteiger partial charge in [-0.05, 0) is 37.8 Å². The summed E-state index contributed by atoms with van der Waals surface area (Å²) in [5, 5.41) is 0.318. The zero-order valence-electron chi connectivity index (χ0n) is 12.0.